The molecule has 0 aliphatic heterocycles. The summed E-state index contributed by atoms with van der Waals surface area (Å²) in [5.41, 5.74) is 4.02. The summed E-state index contributed by atoms with van der Waals surface area (Å²) in [4.78, 5) is 3.86. The first-order valence-corrected chi connectivity index (χ1v) is 8.19. The molecule has 0 aliphatic carbocycles. The topological polar surface area (TPSA) is 15.3 Å². The van der Waals surface area contributed by atoms with Crippen LogP contribution >= 0.6 is 11.3 Å². The van der Waals surface area contributed by atoms with E-state index in [1.807, 2.05) is 11.3 Å². The molecule has 20 heavy (non-hydrogen) atoms. The number of hydrogen-bond donors (Lipinski definition) is 1. The molecule has 0 spiro atoms. The van der Waals surface area contributed by atoms with Gasteiger partial charge in [0.2, 0.25) is 0 Å². The fraction of sp³-hybridized carbons (Fsp3) is 0.412. The van der Waals surface area contributed by atoms with E-state index in [0.29, 0.717) is 0 Å². The molecule has 0 unspecified atom stereocenters. The van der Waals surface area contributed by atoms with Crippen molar-refractivity contribution in [2.75, 3.05) is 18.4 Å². The first-order chi connectivity index (χ1) is 9.74. The van der Waals surface area contributed by atoms with Gasteiger partial charge >= 0.3 is 0 Å². The lowest BCUT2D eigenvalue weighted by Crippen LogP contribution is -2.22. The normalized spacial score (nSPS) is 11.0. The van der Waals surface area contributed by atoms with Crippen molar-refractivity contribution in [3.05, 3.63) is 51.7 Å². The molecule has 0 fully saturated rings. The van der Waals surface area contributed by atoms with Crippen molar-refractivity contribution in [2.45, 2.75) is 33.9 Å². The molecule has 0 bridgehead atoms. The van der Waals surface area contributed by atoms with Crippen molar-refractivity contribution < 1.29 is 0 Å². The Labute approximate surface area is 126 Å². The molecule has 1 aromatic heterocycles. The van der Waals surface area contributed by atoms with Gasteiger partial charge in [-0.05, 0) is 48.7 Å². The number of hydrogen-bond acceptors (Lipinski definition) is 3. The number of para-hydroxylation sites is 1. The van der Waals surface area contributed by atoms with Crippen LogP contribution in [0.5, 0.6) is 0 Å². The molecule has 0 amide bonds. The quantitative estimate of drug-likeness (QED) is 0.806. The van der Waals surface area contributed by atoms with E-state index >= 15 is 0 Å². The first-order valence-electron chi connectivity index (χ1n) is 7.31. The average Bonchev–Trinajstić information content (AvgIpc) is 2.89. The van der Waals surface area contributed by atoms with E-state index in [2.05, 4.69) is 66.7 Å². The molecule has 2 nitrogen and oxygen atoms in total. The summed E-state index contributed by atoms with van der Waals surface area (Å²) in [6.07, 6.45) is 0. The summed E-state index contributed by atoms with van der Waals surface area (Å²) < 4.78 is 0. The zero-order valence-corrected chi connectivity index (χ0v) is 13.5. The number of thiophene rings is 1. The lowest BCUT2D eigenvalue weighted by Gasteiger charge is -2.20. The van der Waals surface area contributed by atoms with Gasteiger partial charge in [-0.2, -0.15) is 0 Å². The number of rotatable bonds is 7. The van der Waals surface area contributed by atoms with Gasteiger partial charge in [0, 0.05) is 23.7 Å². The van der Waals surface area contributed by atoms with Crippen molar-refractivity contribution in [1.82, 2.24) is 4.90 Å². The second-order valence-electron chi connectivity index (χ2n) is 5.00. The third-order valence-corrected chi connectivity index (χ3v) is 4.74. The van der Waals surface area contributed by atoms with Gasteiger partial charge < -0.3 is 5.32 Å². The third-order valence-electron chi connectivity index (χ3n) is 3.71. The Balaban J connectivity index is 2.06. The van der Waals surface area contributed by atoms with Crippen LogP contribution in [-0.2, 0) is 13.1 Å². The van der Waals surface area contributed by atoms with Crippen LogP contribution in [0, 0.1) is 6.92 Å². The molecule has 1 aromatic carbocycles. The second-order valence-corrected chi connectivity index (χ2v) is 6.00. The Morgan fingerprint density at radius 1 is 1.10 bits per heavy atom. The Bertz CT molecular complexity index is 529. The van der Waals surface area contributed by atoms with Crippen LogP contribution in [-0.4, -0.2) is 18.0 Å². The summed E-state index contributed by atoms with van der Waals surface area (Å²) in [5.74, 6) is 0. The van der Waals surface area contributed by atoms with Gasteiger partial charge in [0.25, 0.3) is 0 Å². The van der Waals surface area contributed by atoms with Gasteiger partial charge in [0.05, 0.1) is 0 Å². The smallest absolute Gasteiger partial charge is 0.0496 e. The molecule has 3 heteroatoms. The number of aryl methyl sites for hydroxylation is 1. The monoisotopic (exact) mass is 288 g/mol. The molecule has 2 aromatic rings. The zero-order valence-electron chi connectivity index (χ0n) is 12.6. The van der Waals surface area contributed by atoms with E-state index in [0.717, 1.165) is 26.2 Å². The highest BCUT2D eigenvalue weighted by Crippen LogP contribution is 2.21. The Hall–Kier alpha value is -1.32. The zero-order chi connectivity index (χ0) is 14.4. The van der Waals surface area contributed by atoms with Gasteiger partial charge in [-0.3, -0.25) is 4.90 Å². The molecule has 2 rings (SSSR count). The molecule has 0 aliphatic rings. The summed E-state index contributed by atoms with van der Waals surface area (Å²) in [6.45, 7) is 10.7. The maximum Gasteiger partial charge on any atom is 0.0496 e. The fourth-order valence-electron chi connectivity index (χ4n) is 2.28. The predicted octanol–water partition coefficient (Wildman–Crippen LogP) is 4.51. The van der Waals surface area contributed by atoms with Crippen LogP contribution in [0.2, 0.25) is 0 Å². The highest BCUT2D eigenvalue weighted by atomic mass is 32.1. The van der Waals surface area contributed by atoms with Gasteiger partial charge in [0.1, 0.15) is 0 Å². The van der Waals surface area contributed by atoms with E-state index < -0.39 is 0 Å². The van der Waals surface area contributed by atoms with E-state index in [1.165, 1.54) is 21.7 Å². The van der Waals surface area contributed by atoms with Gasteiger partial charge in [0.15, 0.2) is 0 Å². The first kappa shape index (κ1) is 15.1. The minimum atomic E-state index is 0.915. The van der Waals surface area contributed by atoms with Crippen LogP contribution in [0.25, 0.3) is 0 Å². The van der Waals surface area contributed by atoms with Crippen molar-refractivity contribution in [3.8, 4) is 0 Å². The number of nitrogens with one attached hydrogen (secondary N) is 1. The molecule has 1 heterocycles. The molecular formula is C17H24N2S. The Morgan fingerprint density at radius 2 is 1.85 bits per heavy atom. The maximum atomic E-state index is 3.59. The Morgan fingerprint density at radius 3 is 2.50 bits per heavy atom. The van der Waals surface area contributed by atoms with Crippen molar-refractivity contribution in [2.24, 2.45) is 0 Å². The van der Waals surface area contributed by atoms with Crippen molar-refractivity contribution in [1.29, 1.82) is 0 Å². The molecule has 0 radical (unpaired) electrons. The summed E-state index contributed by atoms with van der Waals surface area (Å²) in [5, 5.41) is 5.75. The maximum absolute atomic E-state index is 3.59. The van der Waals surface area contributed by atoms with Crippen molar-refractivity contribution in [3.63, 3.8) is 0 Å². The van der Waals surface area contributed by atoms with Crippen molar-refractivity contribution >= 4 is 17.0 Å². The van der Waals surface area contributed by atoms with Crippen LogP contribution in [0.1, 0.15) is 29.9 Å². The SMILES string of the molecule is CCN(CC)Cc1ccccc1NCc1sccc1C. The van der Waals surface area contributed by atoms with E-state index in [9.17, 15) is 0 Å². The number of benzene rings is 1. The van der Waals surface area contributed by atoms with E-state index in [1.54, 1.807) is 0 Å². The highest BCUT2D eigenvalue weighted by Gasteiger charge is 2.06. The lowest BCUT2D eigenvalue weighted by atomic mass is 10.1. The van der Waals surface area contributed by atoms with E-state index in [4.69, 9.17) is 0 Å². The van der Waals surface area contributed by atoms with Crippen LogP contribution < -0.4 is 5.32 Å². The molecule has 0 saturated heterocycles. The van der Waals surface area contributed by atoms with Crippen LogP contribution in [0.3, 0.4) is 0 Å². The molecule has 0 saturated carbocycles. The second kappa shape index (κ2) is 7.46. The molecular weight excluding hydrogens is 264 g/mol. The van der Waals surface area contributed by atoms with Crippen LogP contribution in [0.15, 0.2) is 35.7 Å². The number of anilines is 1. The largest absolute Gasteiger partial charge is 0.380 e. The Kier molecular flexibility index (Phi) is 5.62. The van der Waals surface area contributed by atoms with Gasteiger partial charge in [-0.1, -0.05) is 32.0 Å². The fourth-order valence-corrected chi connectivity index (χ4v) is 3.13. The summed E-state index contributed by atoms with van der Waals surface area (Å²) >= 11 is 1.82. The van der Waals surface area contributed by atoms with Gasteiger partial charge in [-0.15, -0.1) is 11.3 Å². The highest BCUT2D eigenvalue weighted by molar-refractivity contribution is 7.10. The molecule has 0 atom stereocenters. The van der Waals surface area contributed by atoms with Crippen LogP contribution in [0.4, 0.5) is 5.69 Å². The molecule has 108 valence electrons. The standard InChI is InChI=1S/C17H24N2S/c1-4-19(5-2)13-15-8-6-7-9-16(15)18-12-17-14(3)10-11-20-17/h6-11,18H,4-5,12-13H2,1-3H3. The van der Waals surface area contributed by atoms with E-state index in [-0.39, 0.29) is 0 Å². The third kappa shape index (κ3) is 3.84. The minimum absolute atomic E-state index is 0.915. The van der Waals surface area contributed by atoms with Gasteiger partial charge in [-0.25, -0.2) is 0 Å². The lowest BCUT2D eigenvalue weighted by molar-refractivity contribution is 0.296. The summed E-state index contributed by atoms with van der Waals surface area (Å²) in [6, 6.07) is 10.8. The predicted molar refractivity (Wildman–Crippen MR) is 89.4 cm³/mol. The summed E-state index contributed by atoms with van der Waals surface area (Å²) in [7, 11) is 0. The average molecular weight is 288 g/mol. The minimum Gasteiger partial charge on any atom is -0.380 e. The molecule has 1 N–H and O–H groups in total. The number of nitrogens with zero attached hydrogens (tertiary/aromatic N) is 1.